The lowest BCUT2D eigenvalue weighted by molar-refractivity contribution is 0.0689. The van der Waals surface area contributed by atoms with Crippen molar-refractivity contribution in [2.45, 2.75) is 6.10 Å². The molecule has 140 valence electrons. The monoisotopic (exact) mass is 383 g/mol. The summed E-state index contributed by atoms with van der Waals surface area (Å²) in [7, 11) is -4.28. The Morgan fingerprint density at radius 1 is 1.19 bits per heavy atom. The van der Waals surface area contributed by atoms with Gasteiger partial charge in [0, 0.05) is 23.9 Å². The molecule has 0 aliphatic heterocycles. The third kappa shape index (κ3) is 4.26. The molecule has 1 aromatic carbocycles. The van der Waals surface area contributed by atoms with Gasteiger partial charge in [0.15, 0.2) is 5.69 Å². The zero-order valence-electron chi connectivity index (χ0n) is 13.4. The number of carboxylic acids is 1. The number of aromatic nitrogens is 1. The molecule has 10 nitrogen and oxygen atoms in total. The molecule has 1 heterocycles. The number of hydrogen-bond donors (Lipinski definition) is 5. The van der Waals surface area contributed by atoms with Gasteiger partial charge < -0.3 is 20.6 Å². The zero-order chi connectivity index (χ0) is 19.5. The molecule has 1 aromatic heterocycles. The van der Waals surface area contributed by atoms with Crippen LogP contribution in [0.25, 0.3) is 11.1 Å². The molecule has 0 saturated heterocycles. The molecular weight excluding hydrogens is 366 g/mol. The van der Waals surface area contributed by atoms with Crippen LogP contribution in [0.2, 0.25) is 0 Å². The van der Waals surface area contributed by atoms with Crippen LogP contribution < -0.4 is 10.5 Å². The molecule has 0 saturated carbocycles. The van der Waals surface area contributed by atoms with E-state index in [0.29, 0.717) is 9.54 Å². The second kappa shape index (κ2) is 7.66. The summed E-state index contributed by atoms with van der Waals surface area (Å²) >= 11 is 0. The molecular formula is C15H17N3O7S. The second-order valence-electron chi connectivity index (χ2n) is 5.35. The first-order valence-corrected chi connectivity index (χ1v) is 8.81. The van der Waals surface area contributed by atoms with Crippen LogP contribution in [0.3, 0.4) is 0 Å². The van der Waals surface area contributed by atoms with Crippen molar-refractivity contribution >= 4 is 22.1 Å². The minimum absolute atomic E-state index is 0.120. The van der Waals surface area contributed by atoms with Gasteiger partial charge in [0.2, 0.25) is 0 Å². The minimum atomic E-state index is -4.28. The molecule has 2 aromatic rings. The van der Waals surface area contributed by atoms with Gasteiger partial charge in [0.1, 0.15) is 0 Å². The predicted octanol–water partition coefficient (Wildman–Crippen LogP) is -1.01. The predicted molar refractivity (Wildman–Crippen MR) is 90.8 cm³/mol. The Morgan fingerprint density at radius 2 is 1.81 bits per heavy atom. The van der Waals surface area contributed by atoms with Gasteiger partial charge in [-0.25, -0.2) is 13.9 Å². The first kappa shape index (κ1) is 19.6. The van der Waals surface area contributed by atoms with Crippen molar-refractivity contribution < 1.29 is 33.3 Å². The Kier molecular flexibility index (Phi) is 5.77. The molecule has 0 radical (unpaired) electrons. The van der Waals surface area contributed by atoms with E-state index in [1.807, 2.05) is 0 Å². The molecule has 0 bridgehead atoms. The van der Waals surface area contributed by atoms with Crippen molar-refractivity contribution in [3.63, 3.8) is 0 Å². The van der Waals surface area contributed by atoms with Crippen LogP contribution in [0.15, 0.2) is 36.5 Å². The number of carbonyl (C=O) groups excluding carboxylic acids is 1. The van der Waals surface area contributed by atoms with Gasteiger partial charge in [0.25, 0.3) is 5.91 Å². The maximum Gasteiger partial charge on any atom is 0.354 e. The van der Waals surface area contributed by atoms with E-state index in [9.17, 15) is 28.2 Å². The zero-order valence-corrected chi connectivity index (χ0v) is 14.2. The molecule has 11 heteroatoms. The van der Waals surface area contributed by atoms with Crippen LogP contribution >= 0.6 is 0 Å². The van der Waals surface area contributed by atoms with E-state index in [4.69, 9.17) is 10.2 Å². The topological polar surface area (TPSA) is 172 Å². The van der Waals surface area contributed by atoms with Gasteiger partial charge in [-0.2, -0.15) is 8.42 Å². The Morgan fingerprint density at radius 3 is 2.31 bits per heavy atom. The van der Waals surface area contributed by atoms with Crippen LogP contribution in [0, 0.1) is 0 Å². The fourth-order valence-electron chi connectivity index (χ4n) is 2.25. The third-order valence-corrected chi connectivity index (χ3v) is 4.35. The summed E-state index contributed by atoms with van der Waals surface area (Å²) in [5.74, 6) is -1.97. The lowest BCUT2D eigenvalue weighted by Gasteiger charge is -2.09. The highest BCUT2D eigenvalue weighted by Crippen LogP contribution is 2.26. The Hall–Kier alpha value is -2.73. The SMILES string of the molecule is NS(=O)(=O)n1ccc(-c2ccc(C(=O)NC[C@H](O)CO)cc2)c1C(=O)O. The highest BCUT2D eigenvalue weighted by Gasteiger charge is 2.22. The van der Waals surface area contributed by atoms with E-state index in [2.05, 4.69) is 5.32 Å². The van der Waals surface area contributed by atoms with Gasteiger partial charge in [-0.1, -0.05) is 12.1 Å². The average molecular weight is 383 g/mol. The van der Waals surface area contributed by atoms with Gasteiger partial charge >= 0.3 is 16.2 Å². The van der Waals surface area contributed by atoms with E-state index in [1.54, 1.807) is 0 Å². The smallest absolute Gasteiger partial charge is 0.354 e. The first-order valence-electron chi connectivity index (χ1n) is 7.30. The lowest BCUT2D eigenvalue weighted by Crippen LogP contribution is -2.33. The molecule has 2 rings (SSSR count). The van der Waals surface area contributed by atoms with Gasteiger partial charge in [-0.15, -0.1) is 0 Å². The van der Waals surface area contributed by atoms with Crippen molar-refractivity contribution in [3.8, 4) is 11.1 Å². The van der Waals surface area contributed by atoms with Crippen molar-refractivity contribution in [2.24, 2.45) is 5.14 Å². The van der Waals surface area contributed by atoms with E-state index in [0.717, 1.165) is 6.20 Å². The summed E-state index contributed by atoms with van der Waals surface area (Å²) in [6, 6.07) is 7.02. The van der Waals surface area contributed by atoms with E-state index >= 15 is 0 Å². The molecule has 0 fully saturated rings. The van der Waals surface area contributed by atoms with Crippen LogP contribution in [0.4, 0.5) is 0 Å². The lowest BCUT2D eigenvalue weighted by atomic mass is 10.0. The molecule has 0 aliphatic carbocycles. The maximum atomic E-state index is 11.9. The van der Waals surface area contributed by atoms with Crippen molar-refractivity contribution in [3.05, 3.63) is 47.8 Å². The summed E-state index contributed by atoms with van der Waals surface area (Å²) in [5.41, 5.74) is 0.211. The highest BCUT2D eigenvalue weighted by atomic mass is 32.2. The standard InChI is InChI=1S/C15H17N3O7S/c16-26(24,25)18-6-5-12(13(18)15(22)23)9-1-3-10(4-2-9)14(21)17-7-11(20)8-19/h1-6,11,19-20H,7-8H2,(H,17,21)(H,22,23)(H2,16,24,25)/t11-/m0/s1. The summed E-state index contributed by atoms with van der Waals surface area (Å²) in [4.78, 5) is 23.4. The average Bonchev–Trinajstić information content (AvgIpc) is 3.05. The summed E-state index contributed by atoms with van der Waals surface area (Å²) in [5, 5.41) is 34.6. The Bertz CT molecular complexity index is 919. The normalized spacial score (nSPS) is 12.6. The number of benzene rings is 1. The minimum Gasteiger partial charge on any atom is -0.477 e. The second-order valence-corrected chi connectivity index (χ2v) is 6.77. The molecule has 0 unspecified atom stereocenters. The number of aliphatic hydroxyl groups excluding tert-OH is 2. The molecule has 6 N–H and O–H groups in total. The number of aliphatic hydroxyl groups is 2. The molecule has 0 spiro atoms. The largest absolute Gasteiger partial charge is 0.477 e. The van der Waals surface area contributed by atoms with Crippen LogP contribution in [0.1, 0.15) is 20.8 Å². The third-order valence-electron chi connectivity index (χ3n) is 3.50. The Balaban J connectivity index is 2.30. The number of nitrogens with two attached hydrogens (primary N) is 1. The van der Waals surface area contributed by atoms with Crippen LogP contribution in [0.5, 0.6) is 0 Å². The first-order chi connectivity index (χ1) is 12.1. The van der Waals surface area contributed by atoms with Crippen LogP contribution in [-0.2, 0) is 10.2 Å². The molecule has 1 amide bonds. The number of nitrogens with one attached hydrogen (secondary N) is 1. The van der Waals surface area contributed by atoms with Gasteiger partial charge in [-0.3, -0.25) is 4.79 Å². The summed E-state index contributed by atoms with van der Waals surface area (Å²) < 4.78 is 23.4. The quantitative estimate of drug-likeness (QED) is 0.407. The summed E-state index contributed by atoms with van der Waals surface area (Å²) in [6.07, 6.45) is -0.0419. The molecule has 26 heavy (non-hydrogen) atoms. The fourth-order valence-corrected chi connectivity index (χ4v) is 2.91. The number of hydrogen-bond acceptors (Lipinski definition) is 6. The van der Waals surface area contributed by atoms with E-state index in [-0.39, 0.29) is 17.7 Å². The number of carboxylic acid groups (broad SMARTS) is 1. The molecule has 0 aliphatic rings. The van der Waals surface area contributed by atoms with E-state index in [1.165, 1.54) is 30.3 Å². The highest BCUT2D eigenvalue weighted by molar-refractivity contribution is 7.87. The Labute approximate surface area is 148 Å². The number of rotatable bonds is 7. The maximum absolute atomic E-state index is 11.9. The number of nitrogens with zero attached hydrogens (tertiary/aromatic N) is 1. The number of amides is 1. The summed E-state index contributed by atoms with van der Waals surface area (Å²) in [6.45, 7) is -0.615. The van der Waals surface area contributed by atoms with Crippen LogP contribution in [-0.4, -0.2) is 58.8 Å². The van der Waals surface area contributed by atoms with E-state index < -0.39 is 40.5 Å². The van der Waals surface area contributed by atoms with Crippen molar-refractivity contribution in [2.75, 3.05) is 13.2 Å². The van der Waals surface area contributed by atoms with Crippen molar-refractivity contribution in [1.82, 2.24) is 9.29 Å². The fraction of sp³-hybridized carbons (Fsp3) is 0.200. The van der Waals surface area contributed by atoms with Gasteiger partial charge in [-0.05, 0) is 23.8 Å². The number of carbonyl (C=O) groups is 2. The van der Waals surface area contributed by atoms with Crippen molar-refractivity contribution in [1.29, 1.82) is 0 Å². The number of aromatic carboxylic acids is 1. The molecule has 1 atom stereocenters. The van der Waals surface area contributed by atoms with Gasteiger partial charge in [0.05, 0.1) is 12.7 Å².